The van der Waals surface area contributed by atoms with Gasteiger partial charge in [-0.25, -0.2) is 4.79 Å². The fourth-order valence-corrected chi connectivity index (χ4v) is 1.13. The van der Waals surface area contributed by atoms with Gasteiger partial charge in [-0.2, -0.15) is 5.26 Å². The van der Waals surface area contributed by atoms with Crippen LogP contribution in [0.3, 0.4) is 0 Å². The lowest BCUT2D eigenvalue weighted by Gasteiger charge is -2.13. The van der Waals surface area contributed by atoms with Gasteiger partial charge in [0.25, 0.3) is 0 Å². The molecule has 0 heterocycles. The van der Waals surface area contributed by atoms with E-state index in [9.17, 15) is 14.9 Å². The fourth-order valence-electron chi connectivity index (χ4n) is 1.13. The number of nitriles is 1. The number of benzene rings is 1. The largest absolute Gasteiger partial charge is 0.496 e. The average molecular weight is 264 g/mol. The van der Waals surface area contributed by atoms with Gasteiger partial charge >= 0.3 is 11.7 Å². The minimum atomic E-state index is -1.38. The molecule has 0 amide bonds. The summed E-state index contributed by atoms with van der Waals surface area (Å²) >= 11 is 0. The lowest BCUT2D eigenvalue weighted by Crippen LogP contribution is -2.27. The van der Waals surface area contributed by atoms with Crippen LogP contribution in [0.5, 0.6) is 11.5 Å². The Kier molecular flexibility index (Phi) is 4.07. The molecular weight excluding hydrogens is 252 g/mol. The monoisotopic (exact) mass is 264 g/mol. The van der Waals surface area contributed by atoms with E-state index >= 15 is 0 Å². The summed E-state index contributed by atoms with van der Waals surface area (Å²) in [6.45, 7) is 2.73. The summed E-state index contributed by atoms with van der Waals surface area (Å²) in [5.41, 5.74) is -1.78. The highest BCUT2D eigenvalue weighted by atomic mass is 16.6. The number of hydrogen-bond acceptors (Lipinski definition) is 6. The minimum absolute atomic E-state index is 0.223. The van der Waals surface area contributed by atoms with Crippen molar-refractivity contribution in [3.63, 3.8) is 0 Å². The van der Waals surface area contributed by atoms with E-state index in [-0.39, 0.29) is 11.5 Å². The Hall–Kier alpha value is -2.62. The SMILES string of the molecule is COc1ccc(OC(=O)C(C)(C)C#N)c([N+](=O)[O-])c1. The first-order valence-electron chi connectivity index (χ1n) is 5.28. The van der Waals surface area contributed by atoms with Gasteiger partial charge in [0.05, 0.1) is 24.2 Å². The third-order valence-electron chi connectivity index (χ3n) is 2.36. The number of methoxy groups -OCH3 is 1. The molecule has 0 unspecified atom stereocenters. The first kappa shape index (κ1) is 14.4. The van der Waals surface area contributed by atoms with E-state index < -0.39 is 22.0 Å². The summed E-state index contributed by atoms with van der Waals surface area (Å²) in [7, 11) is 1.36. The Morgan fingerprint density at radius 3 is 2.58 bits per heavy atom. The van der Waals surface area contributed by atoms with Crippen LogP contribution in [0.25, 0.3) is 0 Å². The number of rotatable bonds is 4. The van der Waals surface area contributed by atoms with Gasteiger partial charge < -0.3 is 9.47 Å². The van der Waals surface area contributed by atoms with Gasteiger partial charge in [-0.05, 0) is 26.0 Å². The molecule has 19 heavy (non-hydrogen) atoms. The predicted octanol–water partition coefficient (Wildman–Crippen LogP) is 2.06. The number of carbonyl (C=O) groups excluding carboxylic acids is 1. The van der Waals surface area contributed by atoms with Crippen molar-refractivity contribution in [2.24, 2.45) is 5.41 Å². The molecule has 0 atom stereocenters. The molecule has 0 saturated carbocycles. The highest BCUT2D eigenvalue weighted by molar-refractivity contribution is 5.82. The maximum Gasteiger partial charge on any atom is 0.331 e. The minimum Gasteiger partial charge on any atom is -0.496 e. The van der Waals surface area contributed by atoms with Crippen LogP contribution in [0, 0.1) is 26.9 Å². The van der Waals surface area contributed by atoms with Crippen LogP contribution in [-0.2, 0) is 4.79 Å². The molecule has 1 rings (SSSR count). The van der Waals surface area contributed by atoms with Crippen molar-refractivity contribution >= 4 is 11.7 Å². The molecule has 0 bridgehead atoms. The third-order valence-corrected chi connectivity index (χ3v) is 2.36. The van der Waals surface area contributed by atoms with E-state index in [0.717, 1.165) is 6.07 Å². The van der Waals surface area contributed by atoms with Crippen molar-refractivity contribution in [3.8, 4) is 17.6 Å². The topological polar surface area (TPSA) is 102 Å². The second-order valence-electron chi connectivity index (χ2n) is 4.22. The van der Waals surface area contributed by atoms with Crippen LogP contribution in [-0.4, -0.2) is 18.0 Å². The number of ether oxygens (including phenoxy) is 2. The van der Waals surface area contributed by atoms with Crippen LogP contribution in [0.1, 0.15) is 13.8 Å². The standard InChI is InChI=1S/C12H12N2O5/c1-12(2,7-13)11(15)19-10-5-4-8(18-3)6-9(10)14(16)17/h4-6H,1-3H3. The van der Waals surface area contributed by atoms with Crippen molar-refractivity contribution in [1.82, 2.24) is 0 Å². The van der Waals surface area contributed by atoms with Gasteiger partial charge in [0.15, 0.2) is 0 Å². The smallest absolute Gasteiger partial charge is 0.331 e. The Bertz CT molecular complexity index is 560. The summed E-state index contributed by atoms with van der Waals surface area (Å²) in [6.07, 6.45) is 0. The second-order valence-corrected chi connectivity index (χ2v) is 4.22. The van der Waals surface area contributed by atoms with Gasteiger partial charge in [-0.15, -0.1) is 0 Å². The van der Waals surface area contributed by atoms with Gasteiger partial charge in [-0.3, -0.25) is 10.1 Å². The lowest BCUT2D eigenvalue weighted by atomic mass is 9.96. The van der Waals surface area contributed by atoms with Crippen molar-refractivity contribution < 1.29 is 19.2 Å². The van der Waals surface area contributed by atoms with E-state index in [2.05, 4.69) is 0 Å². The molecular formula is C12H12N2O5. The van der Waals surface area contributed by atoms with Crippen LogP contribution in [0.15, 0.2) is 18.2 Å². The molecule has 1 aromatic carbocycles. The maximum absolute atomic E-state index is 11.7. The first-order chi connectivity index (χ1) is 8.81. The zero-order valence-corrected chi connectivity index (χ0v) is 10.7. The molecule has 0 saturated heterocycles. The van der Waals surface area contributed by atoms with Crippen LogP contribution in [0.4, 0.5) is 5.69 Å². The summed E-state index contributed by atoms with van der Waals surface area (Å²) in [6, 6.07) is 5.58. The number of nitrogens with zero attached hydrogens (tertiary/aromatic N) is 2. The van der Waals surface area contributed by atoms with E-state index in [0.29, 0.717) is 0 Å². The second kappa shape index (κ2) is 5.35. The quantitative estimate of drug-likeness (QED) is 0.357. The predicted molar refractivity (Wildman–Crippen MR) is 64.7 cm³/mol. The Balaban J connectivity index is 3.12. The van der Waals surface area contributed by atoms with Gasteiger partial charge in [0, 0.05) is 0 Å². The van der Waals surface area contributed by atoms with E-state index in [4.69, 9.17) is 14.7 Å². The molecule has 1 aromatic rings. The summed E-state index contributed by atoms with van der Waals surface area (Å²) in [5.74, 6) is -0.812. The summed E-state index contributed by atoms with van der Waals surface area (Å²) < 4.78 is 9.76. The van der Waals surface area contributed by atoms with Gasteiger partial charge in [0.1, 0.15) is 11.2 Å². The van der Waals surface area contributed by atoms with Gasteiger partial charge in [-0.1, -0.05) is 0 Å². The van der Waals surface area contributed by atoms with E-state index in [1.54, 1.807) is 6.07 Å². The Morgan fingerprint density at radius 1 is 1.47 bits per heavy atom. The van der Waals surface area contributed by atoms with Crippen molar-refractivity contribution in [2.75, 3.05) is 7.11 Å². The molecule has 0 aliphatic rings. The lowest BCUT2D eigenvalue weighted by molar-refractivity contribution is -0.385. The molecule has 0 aromatic heterocycles. The molecule has 100 valence electrons. The summed E-state index contributed by atoms with van der Waals surface area (Å²) in [5, 5.41) is 19.7. The first-order valence-corrected chi connectivity index (χ1v) is 5.28. The highest BCUT2D eigenvalue weighted by Gasteiger charge is 2.31. The zero-order valence-electron chi connectivity index (χ0n) is 10.7. The van der Waals surface area contributed by atoms with Crippen LogP contribution in [0.2, 0.25) is 0 Å². The molecule has 0 aliphatic carbocycles. The zero-order chi connectivity index (χ0) is 14.6. The number of nitro groups is 1. The number of carbonyl (C=O) groups is 1. The molecule has 0 radical (unpaired) electrons. The van der Waals surface area contributed by atoms with E-state index in [1.807, 2.05) is 0 Å². The normalized spacial score (nSPS) is 10.4. The maximum atomic E-state index is 11.7. The molecule has 0 spiro atoms. The van der Waals surface area contributed by atoms with E-state index in [1.165, 1.54) is 33.1 Å². The average Bonchev–Trinajstić information content (AvgIpc) is 2.38. The fraction of sp³-hybridized carbons (Fsp3) is 0.333. The highest BCUT2D eigenvalue weighted by Crippen LogP contribution is 2.32. The van der Waals surface area contributed by atoms with Crippen LogP contribution >= 0.6 is 0 Å². The Morgan fingerprint density at radius 2 is 2.11 bits per heavy atom. The number of nitro benzene ring substituents is 1. The molecule has 0 fully saturated rings. The molecule has 7 nitrogen and oxygen atoms in total. The van der Waals surface area contributed by atoms with Crippen molar-refractivity contribution in [3.05, 3.63) is 28.3 Å². The number of esters is 1. The third kappa shape index (κ3) is 3.19. The molecule has 0 aliphatic heterocycles. The van der Waals surface area contributed by atoms with Gasteiger partial charge in [0.2, 0.25) is 5.75 Å². The Labute approximate surface area is 109 Å². The number of hydrogen-bond donors (Lipinski definition) is 0. The summed E-state index contributed by atoms with van der Waals surface area (Å²) in [4.78, 5) is 21.9. The molecule has 7 heteroatoms. The van der Waals surface area contributed by atoms with Crippen molar-refractivity contribution in [1.29, 1.82) is 5.26 Å². The molecule has 0 N–H and O–H groups in total. The van der Waals surface area contributed by atoms with Crippen molar-refractivity contribution in [2.45, 2.75) is 13.8 Å². The van der Waals surface area contributed by atoms with Crippen LogP contribution < -0.4 is 9.47 Å².